The summed E-state index contributed by atoms with van der Waals surface area (Å²) in [6.45, 7) is 4.49. The normalized spacial score (nSPS) is 14.8. The molecule has 1 unspecified atom stereocenters. The SMILES string of the molecule is CCCCOc1ccc(C2C(C(=O)OCCOC)=C(C)N=c3s/c(=C\c4ccccc4[N+](=O)[O-])c(=O)n32)cc1OC. The Labute approximate surface area is 240 Å². The summed E-state index contributed by atoms with van der Waals surface area (Å²) in [5, 5.41) is 11.6. The fourth-order valence-electron chi connectivity index (χ4n) is 4.41. The van der Waals surface area contributed by atoms with Crippen molar-refractivity contribution < 1.29 is 28.7 Å². The fourth-order valence-corrected chi connectivity index (χ4v) is 5.45. The van der Waals surface area contributed by atoms with E-state index in [0.717, 1.165) is 24.2 Å². The zero-order chi connectivity index (χ0) is 29.5. The van der Waals surface area contributed by atoms with Gasteiger partial charge in [-0.2, -0.15) is 0 Å². The van der Waals surface area contributed by atoms with Crippen LogP contribution in [0.25, 0.3) is 6.08 Å². The van der Waals surface area contributed by atoms with Crippen molar-refractivity contribution in [3.05, 3.63) is 94.7 Å². The van der Waals surface area contributed by atoms with Crippen molar-refractivity contribution in [1.82, 2.24) is 4.57 Å². The maximum Gasteiger partial charge on any atom is 0.338 e. The molecule has 0 saturated carbocycles. The van der Waals surface area contributed by atoms with Crippen molar-refractivity contribution in [3.63, 3.8) is 0 Å². The van der Waals surface area contributed by atoms with Gasteiger partial charge in [0.2, 0.25) is 0 Å². The van der Waals surface area contributed by atoms with Crippen LogP contribution in [-0.2, 0) is 14.3 Å². The Balaban J connectivity index is 1.89. The lowest BCUT2D eigenvalue weighted by atomic mass is 9.95. The third-order valence-electron chi connectivity index (χ3n) is 6.44. The first-order valence-electron chi connectivity index (χ1n) is 13.0. The summed E-state index contributed by atoms with van der Waals surface area (Å²) >= 11 is 1.08. The molecule has 0 aliphatic carbocycles. The minimum Gasteiger partial charge on any atom is -0.493 e. The molecule has 3 aromatic rings. The number of ether oxygens (including phenoxy) is 4. The second-order valence-electron chi connectivity index (χ2n) is 9.14. The molecule has 0 radical (unpaired) electrons. The zero-order valence-electron chi connectivity index (χ0n) is 23.2. The lowest BCUT2D eigenvalue weighted by molar-refractivity contribution is -0.385. The van der Waals surface area contributed by atoms with E-state index in [0.29, 0.717) is 34.2 Å². The standard InChI is InChI=1S/C29H31N3O8S/c1-5-6-13-39-22-12-11-20(16-23(22)38-4)26-25(28(34)40-15-14-37-3)18(2)30-29-31(26)27(33)24(41-29)17-19-9-7-8-10-21(19)32(35)36/h7-12,16-17,26H,5-6,13-15H2,1-4H3/b24-17-. The van der Waals surface area contributed by atoms with Crippen LogP contribution < -0.4 is 24.4 Å². The number of fused-ring (bicyclic) bond motifs is 1. The van der Waals surface area contributed by atoms with E-state index in [1.54, 1.807) is 43.3 Å². The summed E-state index contributed by atoms with van der Waals surface area (Å²) in [5.74, 6) is 0.351. The van der Waals surface area contributed by atoms with Crippen LogP contribution >= 0.6 is 11.3 Å². The first-order valence-corrected chi connectivity index (χ1v) is 13.8. The largest absolute Gasteiger partial charge is 0.493 e. The summed E-state index contributed by atoms with van der Waals surface area (Å²) in [4.78, 5) is 43.2. The molecule has 0 saturated heterocycles. The molecule has 0 N–H and O–H groups in total. The summed E-state index contributed by atoms with van der Waals surface area (Å²) in [7, 11) is 3.02. The highest BCUT2D eigenvalue weighted by Crippen LogP contribution is 2.36. The molecular weight excluding hydrogens is 550 g/mol. The maximum atomic E-state index is 13.9. The van der Waals surface area contributed by atoms with Crippen LogP contribution in [-0.4, -0.2) is 49.5 Å². The minimum absolute atomic E-state index is 0.0223. The molecule has 4 rings (SSSR count). The predicted molar refractivity (Wildman–Crippen MR) is 153 cm³/mol. The summed E-state index contributed by atoms with van der Waals surface area (Å²) < 4.78 is 23.6. The van der Waals surface area contributed by atoms with E-state index >= 15 is 0 Å². The van der Waals surface area contributed by atoms with Crippen molar-refractivity contribution in [2.75, 3.05) is 34.0 Å². The number of thiazole rings is 1. The van der Waals surface area contributed by atoms with Gasteiger partial charge < -0.3 is 18.9 Å². The highest BCUT2D eigenvalue weighted by molar-refractivity contribution is 7.07. The Morgan fingerprint density at radius 2 is 1.93 bits per heavy atom. The molecule has 1 aliphatic heterocycles. The van der Waals surface area contributed by atoms with Gasteiger partial charge >= 0.3 is 5.97 Å². The van der Waals surface area contributed by atoms with Crippen molar-refractivity contribution in [2.24, 2.45) is 4.99 Å². The first-order chi connectivity index (χ1) is 19.8. The van der Waals surface area contributed by atoms with Crippen LogP contribution in [0.15, 0.2) is 63.5 Å². The molecule has 0 bridgehead atoms. The first kappa shape index (κ1) is 29.7. The van der Waals surface area contributed by atoms with E-state index in [1.807, 2.05) is 0 Å². The number of carbonyl (C=O) groups is 1. The number of nitro groups is 1. The Bertz CT molecular complexity index is 1660. The van der Waals surface area contributed by atoms with Gasteiger partial charge in [0, 0.05) is 13.2 Å². The van der Waals surface area contributed by atoms with Crippen molar-refractivity contribution in [2.45, 2.75) is 32.7 Å². The average molecular weight is 582 g/mol. The molecule has 12 heteroatoms. The van der Waals surface area contributed by atoms with Crippen molar-refractivity contribution in [3.8, 4) is 11.5 Å². The number of rotatable bonds is 12. The molecule has 1 atom stereocenters. The molecule has 0 fully saturated rings. The third kappa shape index (κ3) is 6.39. The Morgan fingerprint density at radius 3 is 2.63 bits per heavy atom. The Kier molecular flexibility index (Phi) is 9.69. The highest BCUT2D eigenvalue weighted by atomic mass is 32.1. The highest BCUT2D eigenvalue weighted by Gasteiger charge is 2.34. The second kappa shape index (κ2) is 13.4. The molecule has 11 nitrogen and oxygen atoms in total. The number of nitro benzene ring substituents is 1. The molecule has 0 spiro atoms. The number of carbonyl (C=O) groups excluding carboxylic acids is 1. The number of hydrogen-bond donors (Lipinski definition) is 0. The fraction of sp³-hybridized carbons (Fsp3) is 0.345. The lowest BCUT2D eigenvalue weighted by Crippen LogP contribution is -2.40. The van der Waals surface area contributed by atoms with Gasteiger partial charge in [-0.05, 0) is 43.2 Å². The van der Waals surface area contributed by atoms with Gasteiger partial charge in [-0.1, -0.05) is 42.9 Å². The molecule has 41 heavy (non-hydrogen) atoms. The van der Waals surface area contributed by atoms with Crippen LogP contribution in [0.5, 0.6) is 11.5 Å². The Morgan fingerprint density at radius 1 is 1.15 bits per heavy atom. The number of unbranched alkanes of at least 4 members (excludes halogenated alkanes) is 1. The molecule has 216 valence electrons. The van der Waals surface area contributed by atoms with Gasteiger partial charge in [0.25, 0.3) is 11.2 Å². The van der Waals surface area contributed by atoms with Gasteiger partial charge in [-0.3, -0.25) is 19.5 Å². The summed E-state index contributed by atoms with van der Waals surface area (Å²) in [6, 6.07) is 10.5. The van der Waals surface area contributed by atoms with Gasteiger partial charge in [0.15, 0.2) is 16.3 Å². The smallest absolute Gasteiger partial charge is 0.338 e. The average Bonchev–Trinajstić information content (AvgIpc) is 3.26. The van der Waals surface area contributed by atoms with E-state index < -0.39 is 22.5 Å². The van der Waals surface area contributed by atoms with E-state index in [2.05, 4.69) is 11.9 Å². The molecule has 2 aromatic carbocycles. The van der Waals surface area contributed by atoms with Gasteiger partial charge in [0.1, 0.15) is 6.61 Å². The number of hydrogen-bond acceptors (Lipinski definition) is 10. The number of allylic oxidation sites excluding steroid dienone is 1. The summed E-state index contributed by atoms with van der Waals surface area (Å²) in [6.07, 6.45) is 3.32. The van der Waals surface area contributed by atoms with Crippen LogP contribution in [0.1, 0.15) is 43.9 Å². The molecule has 2 heterocycles. The number of esters is 1. The quantitative estimate of drug-likeness (QED) is 0.137. The topological polar surface area (TPSA) is 131 Å². The van der Waals surface area contributed by atoms with Crippen molar-refractivity contribution in [1.29, 1.82) is 0 Å². The molecule has 1 aromatic heterocycles. The van der Waals surface area contributed by atoms with E-state index in [1.165, 1.54) is 30.9 Å². The summed E-state index contributed by atoms with van der Waals surface area (Å²) in [5.41, 5.74) is 0.858. The van der Waals surface area contributed by atoms with E-state index in [4.69, 9.17) is 18.9 Å². The number of nitrogens with zero attached hydrogens (tertiary/aromatic N) is 3. The second-order valence-corrected chi connectivity index (χ2v) is 10.1. The van der Waals surface area contributed by atoms with Crippen molar-refractivity contribution >= 4 is 29.1 Å². The lowest BCUT2D eigenvalue weighted by Gasteiger charge is -2.25. The molecule has 1 aliphatic rings. The van der Waals surface area contributed by atoms with Crippen LogP contribution in [0.4, 0.5) is 5.69 Å². The maximum absolute atomic E-state index is 13.9. The number of methoxy groups -OCH3 is 2. The zero-order valence-corrected chi connectivity index (χ0v) is 24.1. The van der Waals surface area contributed by atoms with Gasteiger partial charge in [0.05, 0.1) is 52.7 Å². The van der Waals surface area contributed by atoms with Crippen LogP contribution in [0, 0.1) is 10.1 Å². The van der Waals surface area contributed by atoms with Gasteiger partial charge in [-0.25, -0.2) is 9.79 Å². The van der Waals surface area contributed by atoms with Crippen LogP contribution in [0.2, 0.25) is 0 Å². The third-order valence-corrected chi connectivity index (χ3v) is 7.42. The molecular formula is C29H31N3O8S. The van der Waals surface area contributed by atoms with E-state index in [9.17, 15) is 19.7 Å². The number of benzene rings is 2. The number of para-hydroxylation sites is 1. The van der Waals surface area contributed by atoms with Crippen LogP contribution in [0.3, 0.4) is 0 Å². The number of aromatic nitrogens is 1. The monoisotopic (exact) mass is 581 g/mol. The predicted octanol–water partition coefficient (Wildman–Crippen LogP) is 3.52. The minimum atomic E-state index is -0.896. The van der Waals surface area contributed by atoms with E-state index in [-0.39, 0.29) is 34.6 Å². The Hall–Kier alpha value is -4.29. The van der Waals surface area contributed by atoms with Gasteiger partial charge in [-0.15, -0.1) is 0 Å². The molecule has 0 amide bonds.